The van der Waals surface area contributed by atoms with Gasteiger partial charge in [-0.15, -0.1) is 0 Å². The number of benzene rings is 1. The molecule has 1 aromatic heterocycles. The number of ether oxygens (including phenoxy) is 1. The van der Waals surface area contributed by atoms with Gasteiger partial charge in [0, 0.05) is 16.3 Å². The highest BCUT2D eigenvalue weighted by Gasteiger charge is 2.28. The van der Waals surface area contributed by atoms with Gasteiger partial charge >= 0.3 is 5.97 Å². The summed E-state index contributed by atoms with van der Waals surface area (Å²) >= 11 is 5.77. The molecule has 3 rings (SSSR count). The summed E-state index contributed by atoms with van der Waals surface area (Å²) < 4.78 is 20.6. The fourth-order valence-electron chi connectivity index (χ4n) is 2.65. The van der Waals surface area contributed by atoms with E-state index in [1.54, 1.807) is 19.1 Å². The van der Waals surface area contributed by atoms with E-state index in [0.717, 1.165) is 30.5 Å². The molecule has 0 saturated heterocycles. The van der Waals surface area contributed by atoms with Crippen LogP contribution in [0.15, 0.2) is 18.2 Å². The minimum Gasteiger partial charge on any atom is -0.461 e. The van der Waals surface area contributed by atoms with Crippen LogP contribution in [0, 0.1) is 5.82 Å². The number of hydrogen-bond donors (Lipinski definition) is 0. The summed E-state index contributed by atoms with van der Waals surface area (Å²) in [7, 11) is 0. The number of rotatable bonds is 3. The quantitative estimate of drug-likeness (QED) is 0.817. The molecule has 1 aromatic carbocycles. The minimum absolute atomic E-state index is 0.287. The number of carbonyl (C=O) groups excluding carboxylic acids is 1. The van der Waals surface area contributed by atoms with E-state index >= 15 is 0 Å². The summed E-state index contributed by atoms with van der Waals surface area (Å²) in [6, 6.07) is 4.41. The molecule has 1 aliphatic carbocycles. The molecule has 110 valence electrons. The van der Waals surface area contributed by atoms with Gasteiger partial charge in [0.05, 0.1) is 6.61 Å². The number of fused-ring (bicyclic) bond motifs is 1. The summed E-state index contributed by atoms with van der Waals surface area (Å²) in [5.74, 6) is -0.918. The van der Waals surface area contributed by atoms with Gasteiger partial charge in [-0.05, 0) is 44.4 Å². The third-order valence-electron chi connectivity index (χ3n) is 3.54. The molecule has 0 fully saturated rings. The van der Waals surface area contributed by atoms with Crippen LogP contribution in [0.4, 0.5) is 4.39 Å². The SMILES string of the molecule is CCOC(=O)c1nn(-c2ccc(Cl)cc2F)c2c1CCC2. The second kappa shape index (κ2) is 5.48. The summed E-state index contributed by atoms with van der Waals surface area (Å²) in [5, 5.41) is 4.59. The molecule has 0 amide bonds. The van der Waals surface area contributed by atoms with Gasteiger partial charge in [0.25, 0.3) is 0 Å². The van der Waals surface area contributed by atoms with E-state index in [9.17, 15) is 9.18 Å². The molecule has 1 heterocycles. The average Bonchev–Trinajstić information content (AvgIpc) is 3.01. The van der Waals surface area contributed by atoms with Crippen molar-refractivity contribution in [1.29, 1.82) is 0 Å². The van der Waals surface area contributed by atoms with E-state index in [0.29, 0.717) is 16.4 Å². The monoisotopic (exact) mass is 308 g/mol. The van der Waals surface area contributed by atoms with Crippen molar-refractivity contribution in [2.45, 2.75) is 26.2 Å². The first-order valence-corrected chi connectivity index (χ1v) is 7.23. The molecule has 0 aliphatic heterocycles. The fraction of sp³-hybridized carbons (Fsp3) is 0.333. The van der Waals surface area contributed by atoms with Crippen molar-refractivity contribution < 1.29 is 13.9 Å². The van der Waals surface area contributed by atoms with Crippen LogP contribution in [0.3, 0.4) is 0 Å². The van der Waals surface area contributed by atoms with Crippen LogP contribution < -0.4 is 0 Å². The third kappa shape index (κ3) is 2.42. The Morgan fingerprint density at radius 2 is 2.29 bits per heavy atom. The largest absolute Gasteiger partial charge is 0.461 e. The molecule has 0 atom stereocenters. The van der Waals surface area contributed by atoms with E-state index in [1.165, 1.54) is 10.7 Å². The highest BCUT2D eigenvalue weighted by Crippen LogP contribution is 2.29. The lowest BCUT2D eigenvalue weighted by Gasteiger charge is -2.07. The molecule has 0 N–H and O–H groups in total. The van der Waals surface area contributed by atoms with E-state index in [1.807, 2.05) is 0 Å². The van der Waals surface area contributed by atoms with E-state index < -0.39 is 11.8 Å². The highest BCUT2D eigenvalue weighted by molar-refractivity contribution is 6.30. The van der Waals surface area contributed by atoms with Crippen LogP contribution in [-0.2, 0) is 17.6 Å². The van der Waals surface area contributed by atoms with Gasteiger partial charge in [0.1, 0.15) is 11.5 Å². The summed E-state index contributed by atoms with van der Waals surface area (Å²) in [6.45, 7) is 2.03. The maximum Gasteiger partial charge on any atom is 0.359 e. The number of nitrogens with zero attached hydrogens (tertiary/aromatic N) is 2. The molecule has 0 bridgehead atoms. The van der Waals surface area contributed by atoms with E-state index in [4.69, 9.17) is 16.3 Å². The second-order valence-electron chi connectivity index (χ2n) is 4.86. The molecule has 21 heavy (non-hydrogen) atoms. The minimum atomic E-state index is -0.463. The van der Waals surface area contributed by atoms with Crippen molar-refractivity contribution in [3.8, 4) is 5.69 Å². The Morgan fingerprint density at radius 3 is 3.00 bits per heavy atom. The van der Waals surface area contributed by atoms with Crippen molar-refractivity contribution in [2.75, 3.05) is 6.61 Å². The van der Waals surface area contributed by atoms with Gasteiger partial charge in [0.2, 0.25) is 0 Å². The Morgan fingerprint density at radius 1 is 1.48 bits per heavy atom. The van der Waals surface area contributed by atoms with Gasteiger partial charge in [-0.2, -0.15) is 5.10 Å². The molecule has 6 heteroatoms. The predicted molar refractivity (Wildman–Crippen MR) is 76.5 cm³/mol. The fourth-order valence-corrected chi connectivity index (χ4v) is 2.81. The second-order valence-corrected chi connectivity index (χ2v) is 5.29. The first-order valence-electron chi connectivity index (χ1n) is 6.85. The molecule has 2 aromatic rings. The lowest BCUT2D eigenvalue weighted by atomic mass is 10.2. The lowest BCUT2D eigenvalue weighted by Crippen LogP contribution is -2.09. The van der Waals surface area contributed by atoms with Gasteiger partial charge in [-0.25, -0.2) is 13.9 Å². The molecule has 0 spiro atoms. The van der Waals surface area contributed by atoms with E-state index in [2.05, 4.69) is 5.10 Å². The maximum absolute atomic E-state index is 14.1. The number of hydrogen-bond acceptors (Lipinski definition) is 3. The maximum atomic E-state index is 14.1. The zero-order chi connectivity index (χ0) is 15.0. The van der Waals surface area contributed by atoms with Gasteiger partial charge in [-0.3, -0.25) is 0 Å². The molecule has 1 aliphatic rings. The summed E-state index contributed by atoms with van der Waals surface area (Å²) in [6.07, 6.45) is 2.46. The smallest absolute Gasteiger partial charge is 0.359 e. The predicted octanol–water partition coefficient (Wildman–Crippen LogP) is 3.33. The zero-order valence-corrected chi connectivity index (χ0v) is 12.3. The molecular formula is C15H14ClFN2O2. The van der Waals surface area contributed by atoms with Gasteiger partial charge in [-0.1, -0.05) is 11.6 Å². The van der Waals surface area contributed by atoms with Crippen LogP contribution >= 0.6 is 11.6 Å². The van der Waals surface area contributed by atoms with Gasteiger partial charge in [0.15, 0.2) is 5.69 Å². The molecule has 4 nitrogen and oxygen atoms in total. The zero-order valence-electron chi connectivity index (χ0n) is 11.5. The van der Waals surface area contributed by atoms with Gasteiger partial charge < -0.3 is 4.74 Å². The van der Waals surface area contributed by atoms with Crippen molar-refractivity contribution in [2.24, 2.45) is 0 Å². The average molecular weight is 309 g/mol. The lowest BCUT2D eigenvalue weighted by molar-refractivity contribution is 0.0517. The summed E-state index contributed by atoms with van der Waals surface area (Å²) in [5.41, 5.74) is 2.33. The Bertz CT molecular complexity index is 712. The molecule has 0 saturated carbocycles. The summed E-state index contributed by atoms with van der Waals surface area (Å²) in [4.78, 5) is 12.0. The number of carbonyl (C=O) groups is 1. The Labute approximate surface area is 126 Å². The van der Waals surface area contributed by atoms with Crippen LogP contribution in [0.2, 0.25) is 5.02 Å². The van der Waals surface area contributed by atoms with Crippen LogP contribution in [0.1, 0.15) is 35.1 Å². The standard InChI is InChI=1S/C15H14ClFN2O2/c1-2-21-15(20)14-10-4-3-5-12(10)19(18-14)13-7-6-9(16)8-11(13)17/h6-8H,2-5H2,1H3. The molecular weight excluding hydrogens is 295 g/mol. The van der Waals surface area contributed by atoms with Crippen LogP contribution in [0.5, 0.6) is 0 Å². The number of halogens is 2. The highest BCUT2D eigenvalue weighted by atomic mass is 35.5. The van der Waals surface area contributed by atoms with Crippen molar-refractivity contribution >= 4 is 17.6 Å². The van der Waals surface area contributed by atoms with Crippen molar-refractivity contribution in [3.05, 3.63) is 46.0 Å². The van der Waals surface area contributed by atoms with Crippen LogP contribution in [0.25, 0.3) is 5.69 Å². The Hall–Kier alpha value is -1.88. The van der Waals surface area contributed by atoms with Crippen molar-refractivity contribution in [3.63, 3.8) is 0 Å². The topological polar surface area (TPSA) is 44.1 Å². The Balaban J connectivity index is 2.11. The Kier molecular flexibility index (Phi) is 3.68. The first kappa shape index (κ1) is 14.1. The van der Waals surface area contributed by atoms with Crippen molar-refractivity contribution in [1.82, 2.24) is 9.78 Å². The number of aromatic nitrogens is 2. The normalized spacial score (nSPS) is 13.3. The molecule has 0 radical (unpaired) electrons. The van der Waals surface area contributed by atoms with E-state index in [-0.39, 0.29) is 6.61 Å². The third-order valence-corrected chi connectivity index (χ3v) is 3.77. The molecule has 0 unspecified atom stereocenters. The first-order chi connectivity index (χ1) is 10.1. The number of esters is 1. The van der Waals surface area contributed by atoms with Crippen LogP contribution in [-0.4, -0.2) is 22.4 Å².